The van der Waals surface area contributed by atoms with Gasteiger partial charge < -0.3 is 14.5 Å². The van der Waals surface area contributed by atoms with E-state index < -0.39 is 0 Å². The molecule has 2 aromatic rings. The van der Waals surface area contributed by atoms with Crippen molar-refractivity contribution in [1.29, 1.82) is 0 Å². The Hall–Kier alpha value is -2.30. The number of hydrogen-bond donors (Lipinski definition) is 1. The number of carbonyl (C=O) groups excluding carboxylic acids is 1. The summed E-state index contributed by atoms with van der Waals surface area (Å²) in [5, 5.41) is 3.32. The molecule has 1 heterocycles. The zero-order chi connectivity index (χ0) is 18.4. The van der Waals surface area contributed by atoms with Gasteiger partial charge in [-0.3, -0.25) is 4.79 Å². The number of carbonyl (C=O) groups is 1. The molecule has 4 nitrogen and oxygen atoms in total. The molecular formula is C22H24FNO3. The summed E-state index contributed by atoms with van der Waals surface area (Å²) in [6.07, 6.45) is 7.40. The molecule has 4 bridgehead atoms. The molecule has 27 heavy (non-hydrogen) atoms. The van der Waals surface area contributed by atoms with Crippen LogP contribution in [0.25, 0.3) is 0 Å². The largest absolute Gasteiger partial charge is 0.486 e. The van der Waals surface area contributed by atoms with Gasteiger partial charge in [-0.1, -0.05) is 0 Å². The lowest BCUT2D eigenvalue weighted by Gasteiger charge is -2.56. The minimum atomic E-state index is -0.302. The van der Waals surface area contributed by atoms with E-state index in [0.29, 0.717) is 17.3 Å². The van der Waals surface area contributed by atoms with Crippen molar-refractivity contribution in [2.45, 2.75) is 50.7 Å². The molecule has 0 unspecified atom stereocenters. The summed E-state index contributed by atoms with van der Waals surface area (Å²) in [6.45, 7) is 0.205. The van der Waals surface area contributed by atoms with E-state index in [2.05, 4.69) is 5.32 Å². The van der Waals surface area contributed by atoms with Gasteiger partial charge in [-0.05, 0) is 92.7 Å². The van der Waals surface area contributed by atoms with Crippen molar-refractivity contribution >= 4 is 5.91 Å². The van der Waals surface area contributed by atoms with E-state index >= 15 is 0 Å². The van der Waals surface area contributed by atoms with Crippen molar-refractivity contribution in [2.24, 2.45) is 17.8 Å². The molecule has 0 atom stereocenters. The van der Waals surface area contributed by atoms with Gasteiger partial charge in [-0.25, -0.2) is 4.39 Å². The van der Waals surface area contributed by atoms with E-state index in [9.17, 15) is 9.18 Å². The Labute approximate surface area is 158 Å². The quantitative estimate of drug-likeness (QED) is 0.831. The zero-order valence-electron chi connectivity index (χ0n) is 15.2. The molecule has 5 heteroatoms. The molecule has 4 fully saturated rings. The van der Waals surface area contributed by atoms with Crippen LogP contribution in [0.3, 0.4) is 0 Å². The first-order valence-electron chi connectivity index (χ1n) is 9.86. The Morgan fingerprint density at radius 2 is 1.67 bits per heavy atom. The first-order valence-corrected chi connectivity index (χ1v) is 9.86. The molecule has 1 aromatic carbocycles. The smallest absolute Gasteiger partial charge is 0.287 e. The number of halogens is 1. The minimum Gasteiger partial charge on any atom is -0.486 e. The van der Waals surface area contributed by atoms with Crippen LogP contribution in [-0.2, 0) is 6.61 Å². The fraction of sp³-hybridized carbons (Fsp3) is 0.500. The second kappa shape index (κ2) is 6.39. The number of nitrogens with one attached hydrogen (secondary N) is 1. The average Bonchev–Trinajstić information content (AvgIpc) is 3.09. The van der Waals surface area contributed by atoms with Crippen LogP contribution in [0.5, 0.6) is 5.75 Å². The van der Waals surface area contributed by atoms with Crippen LogP contribution < -0.4 is 10.1 Å². The van der Waals surface area contributed by atoms with E-state index in [1.807, 2.05) is 0 Å². The van der Waals surface area contributed by atoms with Crippen molar-refractivity contribution in [3.8, 4) is 5.75 Å². The third-order valence-electron chi connectivity index (χ3n) is 6.50. The highest BCUT2D eigenvalue weighted by atomic mass is 19.1. The normalized spacial score (nSPS) is 31.1. The summed E-state index contributed by atoms with van der Waals surface area (Å²) in [4.78, 5) is 12.8. The molecule has 6 rings (SSSR count). The van der Waals surface area contributed by atoms with Gasteiger partial charge >= 0.3 is 0 Å². The van der Waals surface area contributed by atoms with E-state index in [4.69, 9.17) is 9.15 Å². The van der Waals surface area contributed by atoms with Gasteiger partial charge in [0.1, 0.15) is 23.9 Å². The minimum absolute atomic E-state index is 0.0244. The molecule has 0 spiro atoms. The van der Waals surface area contributed by atoms with E-state index in [-0.39, 0.29) is 23.9 Å². The maximum absolute atomic E-state index is 12.9. The Balaban J connectivity index is 1.22. The molecule has 1 aromatic heterocycles. The summed E-state index contributed by atoms with van der Waals surface area (Å²) < 4.78 is 24.2. The van der Waals surface area contributed by atoms with Crippen molar-refractivity contribution in [3.05, 3.63) is 53.7 Å². The molecule has 4 aliphatic rings. The van der Waals surface area contributed by atoms with Crippen LogP contribution >= 0.6 is 0 Å². The summed E-state index contributed by atoms with van der Waals surface area (Å²) in [6, 6.07) is 9.30. The number of hydrogen-bond acceptors (Lipinski definition) is 3. The highest BCUT2D eigenvalue weighted by molar-refractivity contribution is 5.92. The maximum atomic E-state index is 12.9. The first kappa shape index (κ1) is 16.8. The van der Waals surface area contributed by atoms with Crippen LogP contribution in [0.4, 0.5) is 4.39 Å². The predicted molar refractivity (Wildman–Crippen MR) is 97.8 cm³/mol. The third kappa shape index (κ3) is 3.35. The SMILES string of the molecule is O=C(NC12CC3CC(CC(C3)C1)C2)c1ccc(COc2ccc(F)cc2)o1. The average molecular weight is 369 g/mol. The number of benzene rings is 1. The van der Waals surface area contributed by atoms with Gasteiger partial charge in [0.05, 0.1) is 0 Å². The lowest BCUT2D eigenvalue weighted by atomic mass is 9.53. The van der Waals surface area contributed by atoms with Crippen LogP contribution in [0.1, 0.15) is 54.8 Å². The molecule has 142 valence electrons. The number of amides is 1. The molecule has 0 saturated heterocycles. The lowest BCUT2D eigenvalue weighted by molar-refractivity contribution is -0.0171. The van der Waals surface area contributed by atoms with E-state index in [0.717, 1.165) is 37.0 Å². The van der Waals surface area contributed by atoms with Gasteiger partial charge in [0.25, 0.3) is 5.91 Å². The summed E-state index contributed by atoms with van der Waals surface area (Å²) in [5.41, 5.74) is -0.0244. The van der Waals surface area contributed by atoms with Crippen LogP contribution in [0.15, 0.2) is 40.8 Å². The van der Waals surface area contributed by atoms with E-state index in [1.54, 1.807) is 24.3 Å². The standard InChI is InChI=1S/C22H24FNO3/c23-17-1-3-18(4-2-17)26-13-19-5-6-20(27-19)21(25)24-22-10-14-7-15(11-22)9-16(8-14)12-22/h1-6,14-16H,7-13H2,(H,24,25). The number of rotatable bonds is 5. The third-order valence-corrected chi connectivity index (χ3v) is 6.50. The Kier molecular flexibility index (Phi) is 3.99. The highest BCUT2D eigenvalue weighted by Crippen LogP contribution is 2.55. The molecule has 0 radical (unpaired) electrons. The number of ether oxygens (including phenoxy) is 1. The van der Waals surface area contributed by atoms with Gasteiger partial charge in [-0.15, -0.1) is 0 Å². The first-order chi connectivity index (χ1) is 13.1. The monoisotopic (exact) mass is 369 g/mol. The summed E-state index contributed by atoms with van der Waals surface area (Å²) >= 11 is 0. The lowest BCUT2D eigenvalue weighted by Crippen LogP contribution is -2.59. The maximum Gasteiger partial charge on any atom is 0.287 e. The molecule has 0 aliphatic heterocycles. The molecule has 4 saturated carbocycles. The fourth-order valence-electron chi connectivity index (χ4n) is 5.83. The van der Waals surface area contributed by atoms with Crippen molar-refractivity contribution in [1.82, 2.24) is 5.32 Å². The van der Waals surface area contributed by atoms with Crippen molar-refractivity contribution in [3.63, 3.8) is 0 Å². The molecule has 4 aliphatic carbocycles. The predicted octanol–water partition coefficient (Wildman–Crippen LogP) is 4.70. The molecular weight excluding hydrogens is 345 g/mol. The van der Waals surface area contributed by atoms with Gasteiger partial charge in [-0.2, -0.15) is 0 Å². The van der Waals surface area contributed by atoms with Gasteiger partial charge in [0.2, 0.25) is 0 Å². The molecule has 1 N–H and O–H groups in total. The van der Waals surface area contributed by atoms with Crippen molar-refractivity contribution < 1.29 is 18.3 Å². The second-order valence-electron chi connectivity index (χ2n) is 8.66. The second-order valence-corrected chi connectivity index (χ2v) is 8.66. The van der Waals surface area contributed by atoms with Gasteiger partial charge in [0, 0.05) is 5.54 Å². The summed E-state index contributed by atoms with van der Waals surface area (Å²) in [5.74, 6) is 3.41. The van der Waals surface area contributed by atoms with Crippen LogP contribution in [-0.4, -0.2) is 11.4 Å². The Morgan fingerprint density at radius 3 is 2.30 bits per heavy atom. The Bertz CT molecular complexity index is 806. The number of furan rings is 1. The Morgan fingerprint density at radius 1 is 1.04 bits per heavy atom. The summed E-state index contributed by atoms with van der Waals surface area (Å²) in [7, 11) is 0. The van der Waals surface area contributed by atoms with Crippen LogP contribution in [0.2, 0.25) is 0 Å². The zero-order valence-corrected chi connectivity index (χ0v) is 15.2. The fourth-order valence-corrected chi connectivity index (χ4v) is 5.83. The molecule has 1 amide bonds. The highest BCUT2D eigenvalue weighted by Gasteiger charge is 2.51. The van der Waals surface area contributed by atoms with Crippen molar-refractivity contribution in [2.75, 3.05) is 0 Å². The van der Waals surface area contributed by atoms with Crippen LogP contribution in [0, 0.1) is 23.6 Å². The van der Waals surface area contributed by atoms with E-state index in [1.165, 1.54) is 31.4 Å². The van der Waals surface area contributed by atoms with Gasteiger partial charge in [0.15, 0.2) is 5.76 Å². The topological polar surface area (TPSA) is 51.5 Å².